The zero-order chi connectivity index (χ0) is 51.4. The number of amides is 2. The Morgan fingerprint density at radius 2 is 1.74 bits per heavy atom. The number of alkyl halides is 3. The van der Waals surface area contributed by atoms with Crippen LogP contribution < -0.4 is 27.1 Å². The quantitative estimate of drug-likeness (QED) is 0.0919. The first-order valence-corrected chi connectivity index (χ1v) is 24.7. The summed E-state index contributed by atoms with van der Waals surface area (Å²) in [7, 11) is 0. The Hall–Kier alpha value is -6.67. The van der Waals surface area contributed by atoms with Crippen LogP contribution in [0.25, 0.3) is 22.3 Å². The Morgan fingerprint density at radius 3 is 2.42 bits per heavy atom. The van der Waals surface area contributed by atoms with Gasteiger partial charge in [-0.05, 0) is 117 Å². The number of Topliss-reactive ketones (excluding diaryl/α,β-unsaturated/α-hetero) is 1. The van der Waals surface area contributed by atoms with Crippen molar-refractivity contribution in [2.75, 3.05) is 25.0 Å². The predicted molar refractivity (Wildman–Crippen MR) is 260 cm³/mol. The Balaban J connectivity index is 0.763. The molecule has 9 rings (SSSR count). The molecule has 1 unspecified atom stereocenters. The second kappa shape index (κ2) is 19.4. The highest BCUT2D eigenvalue weighted by Crippen LogP contribution is 2.42. The van der Waals surface area contributed by atoms with Gasteiger partial charge in [0.25, 0.3) is 16.4 Å². The van der Waals surface area contributed by atoms with E-state index in [-0.39, 0.29) is 83.1 Å². The number of benzene rings is 2. The zero-order valence-electron chi connectivity index (χ0n) is 40.8. The number of hydrogen-bond donors (Lipinski definition) is 4. The van der Waals surface area contributed by atoms with Gasteiger partial charge in [-0.15, -0.1) is 0 Å². The number of carbonyl (C=O) groups is 3. The summed E-state index contributed by atoms with van der Waals surface area (Å²) in [6.07, 6.45) is 0.774. The van der Waals surface area contributed by atoms with Crippen LogP contribution in [-0.2, 0) is 39.7 Å². The number of aliphatic hydroxyl groups is 1. The maximum absolute atomic E-state index is 13.7. The third-order valence-electron chi connectivity index (χ3n) is 15.0. The lowest BCUT2D eigenvalue weighted by molar-refractivity contribution is -0.896. The first kappa shape index (κ1) is 50.3. The fourth-order valence-corrected chi connectivity index (χ4v) is 11.0. The molecule has 20 heteroatoms. The molecule has 2 amide bonds. The number of carbonyl (C=O) groups excluding carboxylic acids is 3. The lowest BCUT2D eigenvalue weighted by Crippen LogP contribution is -2.45. The smallest absolute Gasteiger partial charge is 0.410 e. The fraction of sp³-hybridized carbons (Fsp3) is 0.500. The number of fused-ring (bicyclic) bond motifs is 5. The largest absolute Gasteiger partial charge is 0.431 e. The van der Waals surface area contributed by atoms with Gasteiger partial charge < -0.3 is 40.8 Å². The molecule has 5 heterocycles. The summed E-state index contributed by atoms with van der Waals surface area (Å²) in [6.45, 7) is 8.90. The van der Waals surface area contributed by atoms with Crippen LogP contribution in [0.5, 0.6) is 5.75 Å². The molecule has 72 heavy (non-hydrogen) atoms. The van der Waals surface area contributed by atoms with Gasteiger partial charge >= 0.3 is 18.0 Å². The SMILES string of the molecule is CCc1c2c(nc3ccc(OC(=O)N4CCC(CCOC5CCC(Nc6cc(N=C7CC(C)(C)CC(=O)C7=C(N)C(F)(F)F)ccc6C(N)=O)CC5)CC4)cc13)-c1cc3c(c(=O)n1C2)CO[N+](=O)C3(O)CC. The molecule has 6 N–H and O–H groups in total. The van der Waals surface area contributed by atoms with Crippen molar-refractivity contribution in [2.24, 2.45) is 27.8 Å². The summed E-state index contributed by atoms with van der Waals surface area (Å²) < 4.78 is 55.0. The molecule has 3 aliphatic heterocycles. The lowest BCUT2D eigenvalue weighted by Gasteiger charge is -2.33. The van der Waals surface area contributed by atoms with Crippen molar-refractivity contribution in [3.05, 3.63) is 96.8 Å². The molecule has 2 aliphatic carbocycles. The molecule has 1 saturated heterocycles. The second-order valence-corrected chi connectivity index (χ2v) is 20.4. The van der Waals surface area contributed by atoms with Crippen LogP contribution >= 0.6 is 0 Å². The van der Waals surface area contributed by atoms with Crippen LogP contribution in [0.4, 0.5) is 29.3 Å². The van der Waals surface area contributed by atoms with Gasteiger partial charge in [-0.1, -0.05) is 27.7 Å². The molecule has 2 saturated carbocycles. The third kappa shape index (κ3) is 9.69. The van der Waals surface area contributed by atoms with Crippen LogP contribution in [0.1, 0.15) is 125 Å². The van der Waals surface area contributed by atoms with E-state index in [2.05, 4.69) is 10.3 Å². The summed E-state index contributed by atoms with van der Waals surface area (Å²) in [4.78, 5) is 81.5. The molecule has 3 fully saturated rings. The van der Waals surface area contributed by atoms with E-state index in [1.54, 1.807) is 54.5 Å². The number of piperidine rings is 1. The number of rotatable bonds is 11. The van der Waals surface area contributed by atoms with Crippen molar-refractivity contribution in [3.8, 4) is 17.1 Å². The summed E-state index contributed by atoms with van der Waals surface area (Å²) in [5.41, 5.74) is 11.0. The minimum absolute atomic E-state index is 0.0142. The van der Waals surface area contributed by atoms with E-state index in [9.17, 15) is 42.4 Å². The van der Waals surface area contributed by atoms with E-state index in [0.29, 0.717) is 60.4 Å². The normalized spacial score (nSPS) is 23.3. The van der Waals surface area contributed by atoms with E-state index in [0.717, 1.165) is 61.5 Å². The van der Waals surface area contributed by atoms with Gasteiger partial charge in [0.05, 0.1) is 74.5 Å². The Kier molecular flexibility index (Phi) is 13.5. The van der Waals surface area contributed by atoms with Crippen LogP contribution in [0, 0.1) is 16.2 Å². The van der Waals surface area contributed by atoms with Gasteiger partial charge in [-0.25, -0.2) is 14.6 Å². The minimum atomic E-state index is -4.91. The number of nitrogens with one attached hydrogen (secondary N) is 1. The number of ether oxygens (including phenoxy) is 2. The van der Waals surface area contributed by atoms with Crippen LogP contribution in [0.2, 0.25) is 0 Å². The van der Waals surface area contributed by atoms with Crippen molar-refractivity contribution in [1.29, 1.82) is 0 Å². The van der Waals surface area contributed by atoms with E-state index in [1.165, 1.54) is 12.1 Å². The second-order valence-electron chi connectivity index (χ2n) is 20.4. The van der Waals surface area contributed by atoms with Crippen molar-refractivity contribution in [1.82, 2.24) is 14.5 Å². The number of likely N-dealkylation sites (tertiary alicyclic amines) is 1. The van der Waals surface area contributed by atoms with Gasteiger partial charge in [0.1, 0.15) is 11.4 Å². The standard InChI is InChI=1S/C52H59F3N8O9/c1-5-33-35-22-32(12-14-39(35)60-45-36(33)26-62-42(45)23-38-37(48(62)66)27-71-63(69)51(38,68)6-2)72-49(67)61-18-15-28(16-19-61)17-20-70-31-10-7-29(8-11-31)58-40-21-30(9-13-34(40)47(57)65)59-41-24-50(3,4)25-43(64)44(41)46(56)52(53,54)55/h9,12-14,21-23,28-29,31,68H,5-8,10-11,15-20,24-27H2,1-4H3,(H4-,56,57,58,59,64,65)/p+1. The van der Waals surface area contributed by atoms with Crippen LogP contribution in [0.3, 0.4) is 0 Å². The molecule has 17 nitrogen and oxygen atoms in total. The highest BCUT2D eigenvalue weighted by atomic mass is 19.4. The van der Waals surface area contributed by atoms with Crippen molar-refractivity contribution < 1.29 is 51.9 Å². The topological polar surface area (TPSA) is 234 Å². The first-order valence-electron chi connectivity index (χ1n) is 24.7. The maximum Gasteiger partial charge on any atom is 0.431 e. The highest BCUT2D eigenvalue weighted by molar-refractivity contribution is 6.25. The van der Waals surface area contributed by atoms with E-state index in [1.807, 2.05) is 13.0 Å². The number of ketones is 1. The van der Waals surface area contributed by atoms with E-state index >= 15 is 0 Å². The van der Waals surface area contributed by atoms with Crippen LogP contribution in [0.15, 0.2) is 63.5 Å². The monoisotopic (exact) mass is 997 g/mol. The van der Waals surface area contributed by atoms with Gasteiger partial charge in [0.2, 0.25) is 0 Å². The number of primary amides is 1. The van der Waals surface area contributed by atoms with E-state index < -0.39 is 46.4 Å². The highest BCUT2D eigenvalue weighted by Gasteiger charge is 2.54. The number of aliphatic imine (C=N–C) groups is 1. The number of halogens is 3. The molecule has 2 aromatic carbocycles. The molecule has 4 aromatic rings. The van der Waals surface area contributed by atoms with Crippen molar-refractivity contribution in [3.63, 3.8) is 0 Å². The molecule has 0 bridgehead atoms. The summed E-state index contributed by atoms with van der Waals surface area (Å²) in [5.74, 6) is -0.646. The molecule has 2 aromatic heterocycles. The average molecular weight is 998 g/mol. The van der Waals surface area contributed by atoms with E-state index in [4.69, 9.17) is 30.8 Å². The average Bonchev–Trinajstić information content (AvgIpc) is 3.70. The molecule has 0 spiro atoms. The number of hydrogen-bond acceptors (Lipinski definition) is 13. The minimum Gasteiger partial charge on any atom is -0.410 e. The van der Waals surface area contributed by atoms with Crippen LogP contribution in [-0.4, -0.2) is 86.0 Å². The zero-order valence-corrected chi connectivity index (χ0v) is 40.8. The van der Waals surface area contributed by atoms with Gasteiger partial charge in [0.15, 0.2) is 12.4 Å². The number of aryl methyl sites for hydroxylation is 1. The Labute approximate surface area is 413 Å². The molecule has 5 aliphatic rings. The molecule has 1 atom stereocenters. The number of aromatic nitrogens is 2. The summed E-state index contributed by atoms with van der Waals surface area (Å²) >= 11 is 0. The number of nitrogens with two attached hydrogens (primary N) is 2. The summed E-state index contributed by atoms with van der Waals surface area (Å²) in [6, 6.07) is 11.5. The van der Waals surface area contributed by atoms with Gasteiger partial charge in [-0.3, -0.25) is 19.4 Å². The number of nitrogens with zero attached hydrogens (tertiary/aromatic N) is 5. The Bertz CT molecular complexity index is 3010. The number of pyridine rings is 2. The summed E-state index contributed by atoms with van der Waals surface area (Å²) in [5, 5.41) is 15.4. The number of allylic oxidation sites excluding steroid dienone is 2. The predicted octanol–water partition coefficient (Wildman–Crippen LogP) is 8.14. The maximum atomic E-state index is 13.7. The lowest BCUT2D eigenvalue weighted by atomic mass is 9.73. The molecular weight excluding hydrogens is 938 g/mol. The van der Waals surface area contributed by atoms with Crippen molar-refractivity contribution in [2.45, 2.75) is 136 Å². The third-order valence-corrected chi connectivity index (χ3v) is 15.0. The fourth-order valence-electron chi connectivity index (χ4n) is 11.0. The molecular formula is C52H60F3N8O9+. The number of anilines is 1. The van der Waals surface area contributed by atoms with Gasteiger partial charge in [0, 0.05) is 48.8 Å². The Morgan fingerprint density at radius 1 is 1.00 bits per heavy atom. The first-order chi connectivity index (χ1) is 34.2. The van der Waals surface area contributed by atoms with Crippen molar-refractivity contribution >= 4 is 45.8 Å². The molecule has 0 radical (unpaired) electrons. The van der Waals surface area contributed by atoms with Gasteiger partial charge in [-0.2, -0.15) is 13.2 Å². The molecule has 382 valence electrons.